The van der Waals surface area contributed by atoms with Crippen LogP contribution in [-0.2, 0) is 0 Å². The molecule has 0 aliphatic rings. The summed E-state index contributed by atoms with van der Waals surface area (Å²) in [5, 5.41) is 0. The molecule has 1 atom stereocenters. The Hall–Kier alpha value is -0.210. The largest absolute Gasteiger partial charge is 0.389 e. The second kappa shape index (κ2) is 4.73. The molecule has 0 aromatic carbocycles. The van der Waals surface area contributed by atoms with Crippen molar-refractivity contribution in [2.75, 3.05) is 0 Å². The smallest absolute Gasteiger partial charge is 0.171 e. The van der Waals surface area contributed by atoms with Gasteiger partial charge < -0.3 is 0 Å². The Morgan fingerprint density at radius 1 is 1.08 bits per heavy atom. The van der Waals surface area contributed by atoms with E-state index in [4.69, 9.17) is 0 Å². The van der Waals surface area contributed by atoms with Gasteiger partial charge in [0.05, 0.1) is 0 Å². The molecule has 0 bridgehead atoms. The summed E-state index contributed by atoms with van der Waals surface area (Å²) < 4.78 is 35.3. The first-order chi connectivity index (χ1) is 5.31. The van der Waals surface area contributed by atoms with Gasteiger partial charge in [-0.25, -0.2) is 0 Å². The number of rotatable bonds is 4. The molecule has 12 heavy (non-hydrogen) atoms. The highest BCUT2D eigenvalue weighted by atomic mass is 19.4. The Bertz CT molecular complexity index is 115. The van der Waals surface area contributed by atoms with Crippen molar-refractivity contribution in [1.29, 1.82) is 0 Å². The highest BCUT2D eigenvalue weighted by Crippen LogP contribution is 2.26. The van der Waals surface area contributed by atoms with Crippen molar-refractivity contribution in [3.8, 4) is 0 Å². The van der Waals surface area contributed by atoms with E-state index in [1.807, 2.05) is 20.8 Å². The fourth-order valence-electron chi connectivity index (χ4n) is 1.33. The molecule has 3 heteroatoms. The molecular weight excluding hydrogens is 165 g/mol. The molecule has 0 fully saturated rings. The first kappa shape index (κ1) is 11.8. The predicted octanol–water partition coefficient (Wildman–Crippen LogP) is 4.01. The molecular formula is C9H17F3. The Kier molecular flexibility index (Phi) is 4.64. The first-order valence-electron chi connectivity index (χ1n) is 4.38. The number of hydrogen-bond acceptors (Lipinski definition) is 0. The summed E-state index contributed by atoms with van der Waals surface area (Å²) in [7, 11) is 0. The normalized spacial score (nSPS) is 15.2. The van der Waals surface area contributed by atoms with Crippen molar-refractivity contribution >= 4 is 0 Å². The molecule has 0 aromatic rings. The monoisotopic (exact) mass is 182 g/mol. The van der Waals surface area contributed by atoms with E-state index >= 15 is 0 Å². The molecule has 0 amide bonds. The predicted molar refractivity (Wildman–Crippen MR) is 43.9 cm³/mol. The van der Waals surface area contributed by atoms with Crippen molar-refractivity contribution in [2.45, 2.75) is 46.2 Å². The second-order valence-corrected chi connectivity index (χ2v) is 3.89. The molecule has 0 aromatic heterocycles. The molecule has 0 rings (SSSR count). The van der Waals surface area contributed by atoms with E-state index in [-0.39, 0.29) is 12.3 Å². The van der Waals surface area contributed by atoms with Crippen LogP contribution in [0.4, 0.5) is 13.2 Å². The molecule has 0 saturated heterocycles. The number of halogens is 3. The maximum absolute atomic E-state index is 11.8. The standard InChI is InChI=1S/C9H17F3/c1-7(2)6-8(3)4-5-9(10,11)12/h7-8H,4-6H2,1-3H3/t8-/m1/s1. The fourth-order valence-corrected chi connectivity index (χ4v) is 1.33. The van der Waals surface area contributed by atoms with Crippen LogP contribution >= 0.6 is 0 Å². The van der Waals surface area contributed by atoms with Gasteiger partial charge in [0.15, 0.2) is 0 Å². The molecule has 0 aliphatic heterocycles. The van der Waals surface area contributed by atoms with Crippen LogP contribution in [0.5, 0.6) is 0 Å². The summed E-state index contributed by atoms with van der Waals surface area (Å²) in [5.74, 6) is 0.680. The van der Waals surface area contributed by atoms with Crippen LogP contribution in [0, 0.1) is 11.8 Å². The maximum atomic E-state index is 11.8. The van der Waals surface area contributed by atoms with Crippen LogP contribution < -0.4 is 0 Å². The maximum Gasteiger partial charge on any atom is 0.389 e. The van der Waals surface area contributed by atoms with Crippen molar-refractivity contribution in [3.05, 3.63) is 0 Å². The Balaban J connectivity index is 3.51. The minimum atomic E-state index is -3.98. The summed E-state index contributed by atoms with van der Waals surface area (Å²) >= 11 is 0. The van der Waals surface area contributed by atoms with Crippen molar-refractivity contribution < 1.29 is 13.2 Å². The van der Waals surface area contributed by atoms with Crippen LogP contribution in [0.25, 0.3) is 0 Å². The molecule has 0 N–H and O–H groups in total. The van der Waals surface area contributed by atoms with E-state index in [2.05, 4.69) is 0 Å². The zero-order valence-corrected chi connectivity index (χ0v) is 7.91. The summed E-state index contributed by atoms with van der Waals surface area (Å²) in [4.78, 5) is 0. The molecule has 0 radical (unpaired) electrons. The lowest BCUT2D eigenvalue weighted by atomic mass is 9.95. The van der Waals surface area contributed by atoms with E-state index in [1.165, 1.54) is 0 Å². The lowest BCUT2D eigenvalue weighted by Crippen LogP contribution is -2.10. The van der Waals surface area contributed by atoms with E-state index in [0.29, 0.717) is 5.92 Å². The molecule has 74 valence electrons. The average Bonchev–Trinajstić information content (AvgIpc) is 1.80. The summed E-state index contributed by atoms with van der Waals surface area (Å²) in [6, 6.07) is 0. The van der Waals surface area contributed by atoms with Gasteiger partial charge in [0.1, 0.15) is 0 Å². The van der Waals surface area contributed by atoms with Crippen LogP contribution in [-0.4, -0.2) is 6.18 Å². The van der Waals surface area contributed by atoms with Gasteiger partial charge in [0, 0.05) is 6.42 Å². The minimum absolute atomic E-state index is 0.187. The first-order valence-corrected chi connectivity index (χ1v) is 4.38. The summed E-state index contributed by atoms with van der Waals surface area (Å²) in [6.45, 7) is 5.94. The van der Waals surface area contributed by atoms with Gasteiger partial charge >= 0.3 is 6.18 Å². The zero-order valence-electron chi connectivity index (χ0n) is 7.91. The van der Waals surface area contributed by atoms with Gasteiger partial charge in [-0.1, -0.05) is 20.8 Å². The van der Waals surface area contributed by atoms with Gasteiger partial charge in [-0.15, -0.1) is 0 Å². The van der Waals surface area contributed by atoms with E-state index < -0.39 is 12.6 Å². The molecule has 0 aliphatic carbocycles. The lowest BCUT2D eigenvalue weighted by molar-refractivity contribution is -0.137. The molecule has 0 heterocycles. The van der Waals surface area contributed by atoms with Crippen LogP contribution in [0.15, 0.2) is 0 Å². The van der Waals surface area contributed by atoms with Gasteiger partial charge in [-0.05, 0) is 24.7 Å². The van der Waals surface area contributed by atoms with Crippen molar-refractivity contribution in [1.82, 2.24) is 0 Å². The van der Waals surface area contributed by atoms with E-state index in [0.717, 1.165) is 6.42 Å². The SMILES string of the molecule is CC(C)C[C@H](C)CCC(F)(F)F. The molecule has 0 saturated carbocycles. The zero-order chi connectivity index (χ0) is 9.78. The van der Waals surface area contributed by atoms with Crippen LogP contribution in [0.2, 0.25) is 0 Å². The molecule has 0 spiro atoms. The van der Waals surface area contributed by atoms with Gasteiger partial charge in [0.2, 0.25) is 0 Å². The van der Waals surface area contributed by atoms with E-state index in [9.17, 15) is 13.2 Å². The highest BCUT2D eigenvalue weighted by molar-refractivity contribution is 4.59. The topological polar surface area (TPSA) is 0 Å². The van der Waals surface area contributed by atoms with Crippen molar-refractivity contribution in [2.24, 2.45) is 11.8 Å². The average molecular weight is 182 g/mol. The Morgan fingerprint density at radius 2 is 1.58 bits per heavy atom. The Morgan fingerprint density at radius 3 is 1.92 bits per heavy atom. The third-order valence-corrected chi connectivity index (χ3v) is 1.79. The van der Waals surface area contributed by atoms with Crippen molar-refractivity contribution in [3.63, 3.8) is 0 Å². The Labute approximate surface area is 72.2 Å². The quantitative estimate of drug-likeness (QED) is 0.616. The van der Waals surface area contributed by atoms with E-state index in [1.54, 1.807) is 0 Å². The third kappa shape index (κ3) is 7.89. The van der Waals surface area contributed by atoms with Crippen LogP contribution in [0.1, 0.15) is 40.0 Å². The van der Waals surface area contributed by atoms with Gasteiger partial charge in [0.25, 0.3) is 0 Å². The highest BCUT2D eigenvalue weighted by Gasteiger charge is 2.27. The minimum Gasteiger partial charge on any atom is -0.171 e. The number of alkyl halides is 3. The lowest BCUT2D eigenvalue weighted by Gasteiger charge is -2.14. The number of hydrogen-bond donors (Lipinski definition) is 0. The van der Waals surface area contributed by atoms with Gasteiger partial charge in [-0.3, -0.25) is 0 Å². The second-order valence-electron chi connectivity index (χ2n) is 3.89. The van der Waals surface area contributed by atoms with Gasteiger partial charge in [-0.2, -0.15) is 13.2 Å². The summed E-state index contributed by atoms with van der Waals surface area (Å²) in [6.07, 6.45) is -3.47. The molecule has 0 unspecified atom stereocenters. The summed E-state index contributed by atoms with van der Waals surface area (Å²) in [5.41, 5.74) is 0. The molecule has 0 nitrogen and oxygen atoms in total. The fraction of sp³-hybridized carbons (Fsp3) is 1.00. The van der Waals surface area contributed by atoms with Crippen LogP contribution in [0.3, 0.4) is 0 Å². The third-order valence-electron chi connectivity index (χ3n) is 1.79.